The fourth-order valence-electron chi connectivity index (χ4n) is 3.37. The van der Waals surface area contributed by atoms with Gasteiger partial charge in [0.2, 0.25) is 5.75 Å². The molecule has 0 amide bonds. The molecule has 1 N–H and O–H groups in total. The molecule has 2 aromatic rings. The third kappa shape index (κ3) is 7.43. The first-order valence-electron chi connectivity index (χ1n) is 11.4. The number of aromatic hydroxyl groups is 1. The molecule has 5 nitrogen and oxygen atoms in total. The van der Waals surface area contributed by atoms with E-state index in [1.807, 2.05) is 0 Å². The fraction of sp³-hybridized carbons (Fsp3) is 0.560. The van der Waals surface area contributed by atoms with E-state index in [0.717, 1.165) is 32.1 Å². The highest BCUT2D eigenvalue weighted by Crippen LogP contribution is 2.37. The second-order valence-electron chi connectivity index (χ2n) is 7.54. The van der Waals surface area contributed by atoms with Gasteiger partial charge in [-0.2, -0.15) is 0 Å². The van der Waals surface area contributed by atoms with Crippen molar-refractivity contribution in [2.24, 2.45) is 0 Å². The first-order chi connectivity index (χ1) is 14.7. The van der Waals surface area contributed by atoms with Crippen LogP contribution in [0.2, 0.25) is 0 Å². The fourth-order valence-corrected chi connectivity index (χ4v) is 3.37. The molecule has 1 aromatic carbocycles. The Kier molecular flexibility index (Phi) is 10.9. The third-order valence-electron chi connectivity index (χ3n) is 5.02. The molecule has 166 valence electrons. The van der Waals surface area contributed by atoms with Crippen LogP contribution in [0.5, 0.6) is 17.2 Å². The monoisotopic (exact) mass is 416 g/mol. The zero-order valence-corrected chi connectivity index (χ0v) is 18.5. The summed E-state index contributed by atoms with van der Waals surface area (Å²) < 4.78 is 16.8. The van der Waals surface area contributed by atoms with Gasteiger partial charge in [-0.15, -0.1) is 0 Å². The Morgan fingerprint density at radius 3 is 2.40 bits per heavy atom. The van der Waals surface area contributed by atoms with Crippen LogP contribution in [0.3, 0.4) is 0 Å². The van der Waals surface area contributed by atoms with E-state index in [1.165, 1.54) is 32.1 Å². The maximum Gasteiger partial charge on any atom is 0.383 e. The summed E-state index contributed by atoms with van der Waals surface area (Å²) in [6, 6.07) is 5.14. The van der Waals surface area contributed by atoms with Gasteiger partial charge in [-0.3, -0.25) is 0 Å². The van der Waals surface area contributed by atoms with Crippen molar-refractivity contribution in [3.63, 3.8) is 0 Å². The van der Waals surface area contributed by atoms with E-state index in [2.05, 4.69) is 26.0 Å². The highest BCUT2D eigenvalue weighted by Gasteiger charge is 2.18. The second kappa shape index (κ2) is 13.7. The van der Waals surface area contributed by atoms with Crippen LogP contribution in [0.15, 0.2) is 39.6 Å². The number of rotatable bonds is 15. The first kappa shape index (κ1) is 23.8. The summed E-state index contributed by atoms with van der Waals surface area (Å²) in [4.78, 5) is 12.3. The second-order valence-corrected chi connectivity index (χ2v) is 7.54. The Morgan fingerprint density at radius 2 is 1.67 bits per heavy atom. The number of fused-ring (bicyclic) bond motifs is 1. The van der Waals surface area contributed by atoms with Crippen molar-refractivity contribution < 1.29 is 19.0 Å². The zero-order valence-electron chi connectivity index (χ0n) is 18.5. The molecule has 0 aliphatic carbocycles. The maximum atomic E-state index is 12.3. The van der Waals surface area contributed by atoms with E-state index >= 15 is 0 Å². The van der Waals surface area contributed by atoms with Gasteiger partial charge in [0.1, 0.15) is 16.7 Å². The molecule has 0 aliphatic heterocycles. The minimum absolute atomic E-state index is 0.132. The lowest BCUT2D eigenvalue weighted by molar-refractivity contribution is 0.274. The molecule has 0 aliphatic rings. The Labute approximate surface area is 179 Å². The molecule has 1 heterocycles. The van der Waals surface area contributed by atoms with Gasteiger partial charge < -0.3 is 19.0 Å². The standard InChI is InChI=1S/C25H36O5/c1-3-5-7-9-10-11-12-14-19-29-24-23(26)22-20(28-18-13-8-6-4-2)16-15-17-21(22)30-25(24)27/h6,8,15-17,26H,3-5,7,9-14,18-19H2,1-2H3/b8-6+. The highest BCUT2D eigenvalue weighted by atomic mass is 16.5. The topological polar surface area (TPSA) is 68.9 Å². The molecule has 0 atom stereocenters. The molecule has 0 radical (unpaired) electrons. The van der Waals surface area contributed by atoms with E-state index in [0.29, 0.717) is 29.9 Å². The first-order valence-corrected chi connectivity index (χ1v) is 11.4. The van der Waals surface area contributed by atoms with Crippen molar-refractivity contribution in [1.82, 2.24) is 0 Å². The van der Waals surface area contributed by atoms with Crippen molar-refractivity contribution in [2.45, 2.75) is 78.1 Å². The molecule has 1 aromatic heterocycles. The average Bonchev–Trinajstić information content (AvgIpc) is 2.74. The summed E-state index contributed by atoms with van der Waals surface area (Å²) in [5.74, 6) is 0.142. The number of allylic oxidation sites excluding steroid dienone is 1. The number of hydrogen-bond donors (Lipinski definition) is 1. The lowest BCUT2D eigenvalue weighted by Crippen LogP contribution is -2.09. The van der Waals surface area contributed by atoms with Crippen LogP contribution < -0.4 is 15.1 Å². The van der Waals surface area contributed by atoms with Crippen molar-refractivity contribution >= 4 is 11.0 Å². The Balaban J connectivity index is 1.95. The summed E-state index contributed by atoms with van der Waals surface area (Å²) in [5, 5.41) is 11.1. The SMILES string of the molecule is CC/C=C/CCOc1cccc2oc(=O)c(OCCCCCCCCCC)c(O)c12. The largest absolute Gasteiger partial charge is 0.503 e. The van der Waals surface area contributed by atoms with Crippen LogP contribution in [0.25, 0.3) is 11.0 Å². The molecule has 0 fully saturated rings. The van der Waals surface area contributed by atoms with E-state index < -0.39 is 5.63 Å². The molecular formula is C25H36O5. The Morgan fingerprint density at radius 1 is 0.933 bits per heavy atom. The minimum atomic E-state index is -0.664. The molecule has 0 saturated carbocycles. The number of hydrogen-bond acceptors (Lipinski definition) is 5. The van der Waals surface area contributed by atoms with Crippen molar-refractivity contribution in [1.29, 1.82) is 0 Å². The lowest BCUT2D eigenvalue weighted by atomic mass is 10.1. The Hall–Kier alpha value is -2.43. The summed E-state index contributed by atoms with van der Waals surface area (Å²) in [7, 11) is 0. The molecule has 30 heavy (non-hydrogen) atoms. The molecule has 0 bridgehead atoms. The Bertz CT molecular complexity index is 837. The van der Waals surface area contributed by atoms with Crippen LogP contribution in [0.4, 0.5) is 0 Å². The summed E-state index contributed by atoms with van der Waals surface area (Å²) in [6.45, 7) is 5.15. The van der Waals surface area contributed by atoms with Crippen molar-refractivity contribution in [3.8, 4) is 17.2 Å². The summed E-state index contributed by atoms with van der Waals surface area (Å²) >= 11 is 0. The highest BCUT2D eigenvalue weighted by molar-refractivity contribution is 5.91. The van der Waals surface area contributed by atoms with Crippen molar-refractivity contribution in [3.05, 3.63) is 40.8 Å². The average molecular weight is 417 g/mol. The van der Waals surface area contributed by atoms with E-state index in [-0.39, 0.29) is 11.5 Å². The number of ether oxygens (including phenoxy) is 2. The molecule has 5 heteroatoms. The molecule has 0 spiro atoms. The molecule has 2 rings (SSSR count). The van der Waals surface area contributed by atoms with Gasteiger partial charge in [-0.25, -0.2) is 4.79 Å². The summed E-state index contributed by atoms with van der Waals surface area (Å²) in [5.41, 5.74) is -0.374. The molecule has 0 unspecified atom stereocenters. The van der Waals surface area contributed by atoms with E-state index in [4.69, 9.17) is 13.9 Å². The number of unbranched alkanes of at least 4 members (excludes halogenated alkanes) is 7. The van der Waals surface area contributed by atoms with Gasteiger partial charge in [0.15, 0.2) is 5.75 Å². The van der Waals surface area contributed by atoms with Gasteiger partial charge in [-0.05, 0) is 31.4 Å². The van der Waals surface area contributed by atoms with Gasteiger partial charge in [0.25, 0.3) is 0 Å². The van der Waals surface area contributed by atoms with Crippen LogP contribution in [0, 0.1) is 0 Å². The molecular weight excluding hydrogens is 380 g/mol. The van der Waals surface area contributed by atoms with Gasteiger partial charge in [-0.1, -0.05) is 77.0 Å². The maximum absolute atomic E-state index is 12.3. The lowest BCUT2D eigenvalue weighted by Gasteiger charge is -2.12. The van der Waals surface area contributed by atoms with Crippen LogP contribution in [0.1, 0.15) is 78.1 Å². The smallest absolute Gasteiger partial charge is 0.383 e. The normalized spacial score (nSPS) is 11.4. The minimum Gasteiger partial charge on any atom is -0.503 e. The van der Waals surface area contributed by atoms with E-state index in [1.54, 1.807) is 18.2 Å². The quantitative estimate of drug-likeness (QED) is 0.197. The van der Waals surface area contributed by atoms with Crippen LogP contribution in [-0.4, -0.2) is 18.3 Å². The summed E-state index contributed by atoms with van der Waals surface area (Å²) in [6.07, 6.45) is 15.3. The van der Waals surface area contributed by atoms with Crippen LogP contribution in [-0.2, 0) is 0 Å². The van der Waals surface area contributed by atoms with Gasteiger partial charge in [0.05, 0.1) is 13.2 Å². The zero-order chi connectivity index (χ0) is 21.6. The van der Waals surface area contributed by atoms with E-state index in [9.17, 15) is 9.90 Å². The number of benzene rings is 1. The predicted molar refractivity (Wildman–Crippen MR) is 122 cm³/mol. The van der Waals surface area contributed by atoms with Crippen molar-refractivity contribution in [2.75, 3.05) is 13.2 Å². The predicted octanol–water partition coefficient (Wildman–Crippen LogP) is 6.75. The van der Waals surface area contributed by atoms with Crippen LogP contribution >= 0.6 is 0 Å². The van der Waals surface area contributed by atoms with Gasteiger partial charge >= 0.3 is 5.63 Å². The molecule has 0 saturated heterocycles. The van der Waals surface area contributed by atoms with Gasteiger partial charge in [0, 0.05) is 0 Å². The third-order valence-corrected chi connectivity index (χ3v) is 5.02.